The second-order valence-corrected chi connectivity index (χ2v) is 9.00. The van der Waals surface area contributed by atoms with Gasteiger partial charge in [0.15, 0.2) is 5.96 Å². The first kappa shape index (κ1) is 23.1. The lowest BCUT2D eigenvalue weighted by Crippen LogP contribution is -2.58. The Hall–Kier alpha value is -0.220. The van der Waals surface area contributed by atoms with Crippen LogP contribution in [0, 0.1) is 0 Å². The summed E-state index contributed by atoms with van der Waals surface area (Å²) < 4.78 is 0. The molecule has 156 valence electrons. The third kappa shape index (κ3) is 5.88. The van der Waals surface area contributed by atoms with Gasteiger partial charge in [0.1, 0.15) is 0 Å². The van der Waals surface area contributed by atoms with Gasteiger partial charge >= 0.3 is 0 Å². The molecule has 3 aliphatic rings. The Morgan fingerprint density at radius 1 is 1.22 bits per heavy atom. The Morgan fingerprint density at radius 2 is 1.93 bits per heavy atom. The molecule has 0 spiro atoms. The van der Waals surface area contributed by atoms with E-state index in [0.717, 1.165) is 32.0 Å². The highest BCUT2D eigenvalue weighted by Gasteiger charge is 2.40. The summed E-state index contributed by atoms with van der Waals surface area (Å²) in [4.78, 5) is 21.0. The maximum atomic E-state index is 11.9. The van der Waals surface area contributed by atoms with E-state index in [9.17, 15) is 4.79 Å². The molecule has 1 unspecified atom stereocenters. The van der Waals surface area contributed by atoms with Crippen molar-refractivity contribution in [2.75, 3.05) is 51.3 Å². The van der Waals surface area contributed by atoms with Gasteiger partial charge in [-0.2, -0.15) is 11.8 Å². The average Bonchev–Trinajstić information content (AvgIpc) is 3.35. The zero-order valence-electron chi connectivity index (χ0n) is 16.8. The monoisotopic (exact) mass is 509 g/mol. The maximum Gasteiger partial charge on any atom is 0.222 e. The van der Waals surface area contributed by atoms with E-state index in [2.05, 4.69) is 32.3 Å². The van der Waals surface area contributed by atoms with E-state index in [1.54, 1.807) is 0 Å². The molecule has 2 N–H and O–H groups in total. The van der Waals surface area contributed by atoms with E-state index in [1.165, 1.54) is 50.3 Å². The number of nitrogens with one attached hydrogen (secondary N) is 2. The molecule has 2 saturated heterocycles. The summed E-state index contributed by atoms with van der Waals surface area (Å²) in [7, 11) is 1.85. The number of carbonyl (C=O) groups excluding carboxylic acids is 1. The third-order valence-corrected chi connectivity index (χ3v) is 7.15. The van der Waals surface area contributed by atoms with Crippen LogP contribution in [0.1, 0.15) is 45.4 Å². The van der Waals surface area contributed by atoms with Crippen LogP contribution in [0.4, 0.5) is 0 Å². The lowest BCUT2D eigenvalue weighted by atomic mass is 9.94. The summed E-state index contributed by atoms with van der Waals surface area (Å²) in [6.45, 7) is 6.99. The Balaban J connectivity index is 0.00000261. The fourth-order valence-electron chi connectivity index (χ4n) is 4.64. The molecule has 0 aromatic heterocycles. The van der Waals surface area contributed by atoms with Crippen LogP contribution in [-0.4, -0.2) is 84.5 Å². The zero-order valence-corrected chi connectivity index (χ0v) is 20.0. The molecule has 8 heteroatoms. The highest BCUT2D eigenvalue weighted by molar-refractivity contribution is 14.0. The van der Waals surface area contributed by atoms with Crippen LogP contribution in [0.3, 0.4) is 0 Å². The van der Waals surface area contributed by atoms with E-state index in [1.807, 2.05) is 18.9 Å². The van der Waals surface area contributed by atoms with Crippen molar-refractivity contribution in [3.63, 3.8) is 0 Å². The highest BCUT2D eigenvalue weighted by atomic mass is 127. The van der Waals surface area contributed by atoms with Gasteiger partial charge in [-0.3, -0.25) is 14.7 Å². The predicted octanol–water partition coefficient (Wildman–Crippen LogP) is 2.14. The van der Waals surface area contributed by atoms with Crippen LogP contribution in [-0.2, 0) is 4.79 Å². The summed E-state index contributed by atoms with van der Waals surface area (Å²) in [5.74, 6) is 3.67. The van der Waals surface area contributed by atoms with Crippen LogP contribution in [0.15, 0.2) is 4.99 Å². The van der Waals surface area contributed by atoms with Gasteiger partial charge in [-0.1, -0.05) is 19.8 Å². The van der Waals surface area contributed by atoms with Crippen molar-refractivity contribution in [3.05, 3.63) is 0 Å². The van der Waals surface area contributed by atoms with Crippen LogP contribution >= 0.6 is 35.7 Å². The van der Waals surface area contributed by atoms with Gasteiger partial charge in [0, 0.05) is 69.3 Å². The molecular weight excluding hydrogens is 473 g/mol. The van der Waals surface area contributed by atoms with Gasteiger partial charge in [0.05, 0.1) is 0 Å². The fourth-order valence-corrected chi connectivity index (χ4v) is 5.54. The molecular formula is C19H36IN5OS. The topological polar surface area (TPSA) is 60.0 Å². The Kier molecular flexibility index (Phi) is 9.47. The quantitative estimate of drug-likeness (QED) is 0.338. The van der Waals surface area contributed by atoms with Crippen molar-refractivity contribution in [1.82, 2.24) is 20.4 Å². The summed E-state index contributed by atoms with van der Waals surface area (Å²) in [5.41, 5.74) is 0.304. The van der Waals surface area contributed by atoms with Crippen molar-refractivity contribution in [1.29, 1.82) is 0 Å². The Bertz CT molecular complexity index is 506. The molecule has 27 heavy (non-hydrogen) atoms. The molecule has 1 aliphatic carbocycles. The number of hydrogen-bond donors (Lipinski definition) is 2. The minimum atomic E-state index is 0. The largest absolute Gasteiger partial charge is 0.355 e. The third-order valence-electron chi connectivity index (χ3n) is 6.21. The maximum absolute atomic E-state index is 11.9. The Morgan fingerprint density at radius 3 is 2.56 bits per heavy atom. The van der Waals surface area contributed by atoms with Crippen LogP contribution in [0.2, 0.25) is 0 Å². The minimum absolute atomic E-state index is 0. The first-order valence-corrected chi connectivity index (χ1v) is 11.4. The van der Waals surface area contributed by atoms with Crippen LogP contribution < -0.4 is 10.6 Å². The van der Waals surface area contributed by atoms with E-state index in [0.29, 0.717) is 18.0 Å². The fraction of sp³-hybridized carbons (Fsp3) is 0.895. The zero-order chi connectivity index (χ0) is 18.4. The molecule has 3 rings (SSSR count). The van der Waals surface area contributed by atoms with Gasteiger partial charge in [0.2, 0.25) is 5.91 Å². The number of amides is 1. The summed E-state index contributed by atoms with van der Waals surface area (Å²) in [6.07, 6.45) is 6.87. The molecule has 6 nitrogen and oxygen atoms in total. The van der Waals surface area contributed by atoms with E-state index in [-0.39, 0.29) is 29.9 Å². The summed E-state index contributed by atoms with van der Waals surface area (Å²) >= 11 is 2.08. The molecule has 0 aromatic carbocycles. The minimum Gasteiger partial charge on any atom is -0.355 e. The number of carbonyl (C=O) groups is 1. The lowest BCUT2D eigenvalue weighted by Gasteiger charge is -2.43. The molecule has 1 atom stereocenters. The SMILES string of the molecule is CCC(=O)N1CCC(NC(=NC)NCC2(N3CCSCC3)CCCC2)C1.I. The highest BCUT2D eigenvalue weighted by Crippen LogP contribution is 2.36. The van der Waals surface area contributed by atoms with Gasteiger partial charge in [0.25, 0.3) is 0 Å². The van der Waals surface area contributed by atoms with Gasteiger partial charge in [-0.15, -0.1) is 24.0 Å². The normalized spacial score (nSPS) is 25.9. The first-order valence-electron chi connectivity index (χ1n) is 10.2. The molecule has 1 saturated carbocycles. The van der Waals surface area contributed by atoms with E-state index in [4.69, 9.17) is 0 Å². The number of likely N-dealkylation sites (tertiary alicyclic amines) is 1. The van der Waals surface area contributed by atoms with Gasteiger partial charge in [-0.25, -0.2) is 0 Å². The van der Waals surface area contributed by atoms with Crippen molar-refractivity contribution in [2.45, 2.75) is 57.0 Å². The number of guanidine groups is 1. The molecule has 3 fully saturated rings. The van der Waals surface area contributed by atoms with Crippen molar-refractivity contribution < 1.29 is 4.79 Å². The number of thioether (sulfide) groups is 1. The standard InChI is InChI=1S/C19H35N5OS.HI/c1-3-17(25)23-9-6-16(14-23)22-18(20-2)21-15-19(7-4-5-8-19)24-10-12-26-13-11-24;/h16H,3-15H2,1-2H3,(H2,20,21,22);1H. The molecule has 0 radical (unpaired) electrons. The summed E-state index contributed by atoms with van der Waals surface area (Å²) in [6, 6.07) is 0.308. The lowest BCUT2D eigenvalue weighted by molar-refractivity contribution is -0.129. The van der Waals surface area contributed by atoms with Crippen LogP contribution in [0.5, 0.6) is 0 Å². The molecule has 2 heterocycles. The number of halogens is 1. The number of rotatable bonds is 5. The van der Waals surface area contributed by atoms with E-state index >= 15 is 0 Å². The second-order valence-electron chi connectivity index (χ2n) is 7.78. The van der Waals surface area contributed by atoms with Crippen LogP contribution in [0.25, 0.3) is 0 Å². The molecule has 2 aliphatic heterocycles. The number of nitrogens with zero attached hydrogens (tertiary/aromatic N) is 3. The predicted molar refractivity (Wildman–Crippen MR) is 125 cm³/mol. The number of aliphatic imine (C=N–C) groups is 1. The molecule has 0 bridgehead atoms. The van der Waals surface area contributed by atoms with Gasteiger partial charge < -0.3 is 15.5 Å². The smallest absolute Gasteiger partial charge is 0.222 e. The van der Waals surface area contributed by atoms with Crippen molar-refractivity contribution in [3.8, 4) is 0 Å². The second kappa shape index (κ2) is 11.1. The van der Waals surface area contributed by atoms with E-state index < -0.39 is 0 Å². The average molecular weight is 510 g/mol. The van der Waals surface area contributed by atoms with Crippen molar-refractivity contribution in [2.24, 2.45) is 4.99 Å². The molecule has 0 aromatic rings. The Labute approximate surface area is 185 Å². The van der Waals surface area contributed by atoms with Crippen molar-refractivity contribution >= 4 is 47.6 Å². The first-order chi connectivity index (χ1) is 12.7. The summed E-state index contributed by atoms with van der Waals surface area (Å²) in [5, 5.41) is 7.16. The van der Waals surface area contributed by atoms with Gasteiger partial charge in [-0.05, 0) is 19.3 Å². The molecule has 1 amide bonds. The number of hydrogen-bond acceptors (Lipinski definition) is 4.